The van der Waals surface area contributed by atoms with E-state index in [1.54, 1.807) is 12.1 Å². The summed E-state index contributed by atoms with van der Waals surface area (Å²) < 4.78 is 23.0. The summed E-state index contributed by atoms with van der Waals surface area (Å²) in [5.41, 5.74) is 5.01. The fraction of sp³-hybridized carbons (Fsp3) is 0.409. The summed E-state index contributed by atoms with van der Waals surface area (Å²) in [6.07, 6.45) is 2.93. The molecule has 0 radical (unpaired) electrons. The van der Waals surface area contributed by atoms with Gasteiger partial charge in [0.2, 0.25) is 0 Å². The van der Waals surface area contributed by atoms with Crippen LogP contribution >= 0.6 is 0 Å². The molecule has 0 spiro atoms. The van der Waals surface area contributed by atoms with Gasteiger partial charge in [0, 0.05) is 25.9 Å². The zero-order valence-corrected chi connectivity index (χ0v) is 18.1. The normalized spacial score (nSPS) is 12.1. The highest BCUT2D eigenvalue weighted by Crippen LogP contribution is 2.11. The van der Waals surface area contributed by atoms with E-state index in [-0.39, 0.29) is 0 Å². The molecule has 0 bridgehead atoms. The van der Waals surface area contributed by atoms with Gasteiger partial charge in [-0.2, -0.15) is 0 Å². The van der Waals surface area contributed by atoms with Crippen LogP contribution in [0, 0.1) is 13.8 Å². The molecule has 0 fully saturated rings. The molecule has 0 aliphatic carbocycles. The van der Waals surface area contributed by atoms with Crippen LogP contribution in [0.5, 0.6) is 0 Å². The van der Waals surface area contributed by atoms with Crippen LogP contribution in [0.1, 0.15) is 29.2 Å². The molecule has 2 rings (SSSR count). The van der Waals surface area contributed by atoms with Gasteiger partial charge in [-0.3, -0.25) is 4.99 Å². The van der Waals surface area contributed by atoms with Crippen LogP contribution in [-0.2, 0) is 22.7 Å². The van der Waals surface area contributed by atoms with Crippen molar-refractivity contribution in [2.75, 3.05) is 25.9 Å². The quantitative estimate of drug-likeness (QED) is 0.527. The Morgan fingerprint density at radius 3 is 2.32 bits per heavy atom. The number of benzene rings is 2. The first-order chi connectivity index (χ1) is 13.3. The Bertz CT molecular complexity index is 904. The topological polar surface area (TPSA) is 70.6 Å². The summed E-state index contributed by atoms with van der Waals surface area (Å²) >= 11 is 0. The maximum Gasteiger partial charge on any atom is 0.191 e. The highest BCUT2D eigenvalue weighted by atomic mass is 32.2. The molecule has 0 atom stereocenters. The third kappa shape index (κ3) is 7.00. The van der Waals surface area contributed by atoms with E-state index in [4.69, 9.17) is 0 Å². The van der Waals surface area contributed by atoms with E-state index < -0.39 is 9.84 Å². The van der Waals surface area contributed by atoms with Crippen molar-refractivity contribution < 1.29 is 8.42 Å². The third-order valence-corrected chi connectivity index (χ3v) is 5.68. The van der Waals surface area contributed by atoms with Crippen molar-refractivity contribution in [2.24, 2.45) is 4.99 Å². The molecule has 2 aromatic carbocycles. The van der Waals surface area contributed by atoms with Gasteiger partial charge in [0.15, 0.2) is 15.8 Å². The van der Waals surface area contributed by atoms with Crippen LogP contribution in [0.3, 0.4) is 0 Å². The summed E-state index contributed by atoms with van der Waals surface area (Å²) in [7, 11) is -3.14. The van der Waals surface area contributed by atoms with Crippen LogP contribution in [0.15, 0.2) is 52.4 Å². The van der Waals surface area contributed by atoms with E-state index in [1.165, 1.54) is 22.9 Å². The van der Waals surface area contributed by atoms with Crippen molar-refractivity contribution in [1.29, 1.82) is 0 Å². The molecule has 2 aromatic rings. The average molecular weight is 402 g/mol. The predicted molar refractivity (Wildman–Crippen MR) is 117 cm³/mol. The van der Waals surface area contributed by atoms with Crippen molar-refractivity contribution in [3.63, 3.8) is 0 Å². The minimum atomic E-state index is -3.14. The van der Waals surface area contributed by atoms with Crippen molar-refractivity contribution in [3.8, 4) is 0 Å². The predicted octanol–water partition coefficient (Wildman–Crippen LogP) is 3.05. The number of aryl methyl sites for hydroxylation is 2. The molecule has 0 saturated carbocycles. The smallest absolute Gasteiger partial charge is 0.191 e. The Hall–Kier alpha value is -2.34. The Morgan fingerprint density at radius 2 is 1.71 bits per heavy atom. The molecule has 5 nitrogen and oxygen atoms in total. The molecule has 6 heteroatoms. The van der Waals surface area contributed by atoms with E-state index in [1.807, 2.05) is 19.1 Å². The highest BCUT2D eigenvalue weighted by molar-refractivity contribution is 7.90. The fourth-order valence-electron chi connectivity index (χ4n) is 2.98. The highest BCUT2D eigenvalue weighted by Gasteiger charge is 2.06. The van der Waals surface area contributed by atoms with Crippen LogP contribution in [0.2, 0.25) is 0 Å². The van der Waals surface area contributed by atoms with Gasteiger partial charge in [0.25, 0.3) is 0 Å². The largest absolute Gasteiger partial charge is 0.357 e. The van der Waals surface area contributed by atoms with Gasteiger partial charge in [0.05, 0.1) is 4.90 Å². The minimum Gasteiger partial charge on any atom is -0.357 e. The molecule has 2 N–H and O–H groups in total. The lowest BCUT2D eigenvalue weighted by atomic mass is 10.0. The zero-order valence-electron chi connectivity index (χ0n) is 17.2. The molecule has 0 saturated heterocycles. The molecular weight excluding hydrogens is 370 g/mol. The monoisotopic (exact) mass is 401 g/mol. The second kappa shape index (κ2) is 10.3. The Balaban J connectivity index is 1.87. The standard InChI is InChI=1S/C22H31N3O2S/c1-5-23-22(25-15-13-20-9-6-17(2)16-18(20)3)24-14-12-19-7-10-21(11-8-19)28(4,26)27/h6-11,16H,5,12-15H2,1-4H3,(H2,23,24,25). The molecule has 0 aliphatic heterocycles. The first kappa shape index (κ1) is 22.0. The minimum absolute atomic E-state index is 0.352. The molecule has 28 heavy (non-hydrogen) atoms. The number of guanidine groups is 1. The average Bonchev–Trinajstić information content (AvgIpc) is 2.63. The molecular formula is C22H31N3O2S. The molecule has 0 aromatic heterocycles. The number of nitrogens with zero attached hydrogens (tertiary/aromatic N) is 1. The summed E-state index contributed by atoms with van der Waals surface area (Å²) in [6.45, 7) is 8.56. The lowest BCUT2D eigenvalue weighted by Crippen LogP contribution is -2.38. The SMILES string of the molecule is CCNC(=NCCc1ccc(C)cc1C)NCCc1ccc(S(C)(=O)=O)cc1. The maximum absolute atomic E-state index is 11.5. The van der Waals surface area contributed by atoms with Gasteiger partial charge in [0.1, 0.15) is 0 Å². The Kier molecular flexibility index (Phi) is 8.05. The molecule has 0 amide bonds. The van der Waals surface area contributed by atoms with Crippen LogP contribution in [-0.4, -0.2) is 40.3 Å². The van der Waals surface area contributed by atoms with Gasteiger partial charge in [-0.15, -0.1) is 0 Å². The Labute approximate surface area is 169 Å². The third-order valence-electron chi connectivity index (χ3n) is 4.55. The maximum atomic E-state index is 11.5. The number of hydrogen-bond donors (Lipinski definition) is 2. The van der Waals surface area contributed by atoms with Crippen molar-refractivity contribution in [3.05, 3.63) is 64.7 Å². The van der Waals surface area contributed by atoms with Gasteiger partial charge in [-0.1, -0.05) is 35.9 Å². The molecule has 152 valence electrons. The second-order valence-electron chi connectivity index (χ2n) is 7.03. The van der Waals surface area contributed by atoms with Gasteiger partial charge in [-0.25, -0.2) is 8.42 Å². The van der Waals surface area contributed by atoms with Crippen LogP contribution in [0.25, 0.3) is 0 Å². The lowest BCUT2D eigenvalue weighted by Gasteiger charge is -2.12. The van der Waals surface area contributed by atoms with Crippen molar-refractivity contribution in [1.82, 2.24) is 10.6 Å². The van der Waals surface area contributed by atoms with E-state index in [9.17, 15) is 8.42 Å². The van der Waals surface area contributed by atoms with Crippen molar-refractivity contribution >= 4 is 15.8 Å². The van der Waals surface area contributed by atoms with Gasteiger partial charge >= 0.3 is 0 Å². The van der Waals surface area contributed by atoms with E-state index >= 15 is 0 Å². The summed E-state index contributed by atoms with van der Waals surface area (Å²) in [4.78, 5) is 5.02. The number of sulfone groups is 1. The summed E-state index contributed by atoms with van der Waals surface area (Å²) in [6, 6.07) is 13.6. The number of nitrogens with one attached hydrogen (secondary N) is 2. The molecule has 0 heterocycles. The number of rotatable bonds is 8. The summed E-state index contributed by atoms with van der Waals surface area (Å²) in [5, 5.41) is 6.61. The Morgan fingerprint density at radius 1 is 1.00 bits per heavy atom. The van der Waals surface area contributed by atoms with Gasteiger partial charge < -0.3 is 10.6 Å². The van der Waals surface area contributed by atoms with E-state index in [2.05, 4.69) is 47.7 Å². The number of hydrogen-bond acceptors (Lipinski definition) is 3. The fourth-order valence-corrected chi connectivity index (χ4v) is 3.62. The lowest BCUT2D eigenvalue weighted by molar-refractivity contribution is 0.602. The van der Waals surface area contributed by atoms with Crippen LogP contribution in [0.4, 0.5) is 0 Å². The molecule has 0 unspecified atom stereocenters. The first-order valence-electron chi connectivity index (χ1n) is 9.67. The molecule has 0 aliphatic rings. The summed E-state index contributed by atoms with van der Waals surface area (Å²) in [5.74, 6) is 0.806. The van der Waals surface area contributed by atoms with Crippen molar-refractivity contribution in [2.45, 2.75) is 38.5 Å². The van der Waals surface area contributed by atoms with E-state index in [0.717, 1.165) is 44.0 Å². The second-order valence-corrected chi connectivity index (χ2v) is 9.05. The van der Waals surface area contributed by atoms with E-state index in [0.29, 0.717) is 4.90 Å². The number of aliphatic imine (C=N–C) groups is 1. The zero-order chi connectivity index (χ0) is 20.6. The first-order valence-corrected chi connectivity index (χ1v) is 11.6. The van der Waals surface area contributed by atoms with Gasteiger partial charge in [-0.05, 0) is 62.4 Å². The van der Waals surface area contributed by atoms with Crippen LogP contribution < -0.4 is 10.6 Å².